The second-order valence-corrected chi connectivity index (χ2v) is 3.63. The van der Waals surface area contributed by atoms with Crippen LogP contribution in [0.3, 0.4) is 0 Å². The molecule has 88 valence electrons. The number of aliphatic carboxylic acids is 1. The van der Waals surface area contributed by atoms with E-state index in [0.29, 0.717) is 5.69 Å². The third-order valence-electron chi connectivity index (χ3n) is 2.39. The Morgan fingerprint density at radius 2 is 2.25 bits per heavy atom. The first-order chi connectivity index (χ1) is 7.43. The van der Waals surface area contributed by atoms with Crippen molar-refractivity contribution >= 4 is 11.9 Å². The Hall–Kier alpha value is -1.85. The monoisotopic (exact) mass is 226 g/mol. The summed E-state index contributed by atoms with van der Waals surface area (Å²) < 4.78 is 4.95. The largest absolute Gasteiger partial charge is 0.481 e. The number of rotatable bonds is 4. The lowest BCUT2D eigenvalue weighted by atomic mass is 10.2. The van der Waals surface area contributed by atoms with Gasteiger partial charge in [0, 0.05) is 13.1 Å². The van der Waals surface area contributed by atoms with Gasteiger partial charge in [0.15, 0.2) is 6.39 Å². The normalized spacial score (nSPS) is 12.2. The summed E-state index contributed by atoms with van der Waals surface area (Å²) in [6.45, 7) is 3.32. The first kappa shape index (κ1) is 12.2. The summed E-state index contributed by atoms with van der Waals surface area (Å²) in [6, 6.07) is -0.394. The molecule has 0 spiro atoms. The molecule has 0 aliphatic heterocycles. The van der Waals surface area contributed by atoms with E-state index >= 15 is 0 Å². The van der Waals surface area contributed by atoms with Crippen molar-refractivity contribution in [2.45, 2.75) is 26.3 Å². The molecular formula is C10H14N2O4. The van der Waals surface area contributed by atoms with Gasteiger partial charge in [0.2, 0.25) is 5.76 Å². The van der Waals surface area contributed by atoms with E-state index in [1.165, 1.54) is 18.3 Å². The summed E-state index contributed by atoms with van der Waals surface area (Å²) >= 11 is 0. The molecule has 0 radical (unpaired) electrons. The van der Waals surface area contributed by atoms with Gasteiger partial charge in [-0.2, -0.15) is 0 Å². The van der Waals surface area contributed by atoms with Crippen LogP contribution in [0.2, 0.25) is 0 Å². The molecule has 1 N–H and O–H groups in total. The molecule has 16 heavy (non-hydrogen) atoms. The predicted octanol–water partition coefficient (Wildman–Crippen LogP) is 0.918. The molecule has 6 nitrogen and oxygen atoms in total. The van der Waals surface area contributed by atoms with E-state index in [1.54, 1.807) is 13.8 Å². The Labute approximate surface area is 92.9 Å². The predicted molar refractivity (Wildman–Crippen MR) is 55.0 cm³/mol. The van der Waals surface area contributed by atoms with Crippen molar-refractivity contribution in [3.8, 4) is 0 Å². The van der Waals surface area contributed by atoms with Crippen molar-refractivity contribution in [2.24, 2.45) is 0 Å². The number of hydrogen-bond acceptors (Lipinski definition) is 4. The minimum Gasteiger partial charge on any atom is -0.481 e. The number of hydrogen-bond donors (Lipinski definition) is 1. The van der Waals surface area contributed by atoms with Crippen LogP contribution in [0.1, 0.15) is 29.6 Å². The fourth-order valence-corrected chi connectivity index (χ4v) is 1.26. The molecule has 1 heterocycles. The van der Waals surface area contributed by atoms with Crippen LogP contribution in [0, 0.1) is 6.92 Å². The Morgan fingerprint density at radius 3 is 2.69 bits per heavy atom. The van der Waals surface area contributed by atoms with Gasteiger partial charge < -0.3 is 14.4 Å². The van der Waals surface area contributed by atoms with E-state index < -0.39 is 12.0 Å². The summed E-state index contributed by atoms with van der Waals surface area (Å²) in [7, 11) is 1.54. The van der Waals surface area contributed by atoms with Crippen LogP contribution in [0.25, 0.3) is 0 Å². The maximum absolute atomic E-state index is 11.8. The van der Waals surface area contributed by atoms with Gasteiger partial charge in [-0.3, -0.25) is 9.59 Å². The highest BCUT2D eigenvalue weighted by molar-refractivity contribution is 5.92. The van der Waals surface area contributed by atoms with Crippen molar-refractivity contribution in [2.75, 3.05) is 7.05 Å². The van der Waals surface area contributed by atoms with E-state index in [4.69, 9.17) is 9.52 Å². The third kappa shape index (κ3) is 2.59. The first-order valence-electron chi connectivity index (χ1n) is 4.82. The van der Waals surface area contributed by atoms with Crippen molar-refractivity contribution < 1.29 is 19.1 Å². The number of nitrogens with zero attached hydrogens (tertiary/aromatic N) is 2. The molecule has 6 heteroatoms. The lowest BCUT2D eigenvalue weighted by Crippen LogP contribution is -2.36. The zero-order chi connectivity index (χ0) is 12.3. The van der Waals surface area contributed by atoms with Gasteiger partial charge in [-0.05, 0) is 13.8 Å². The van der Waals surface area contributed by atoms with E-state index in [0.717, 1.165) is 0 Å². The summed E-state index contributed by atoms with van der Waals surface area (Å²) in [6.07, 6.45) is 1.09. The van der Waals surface area contributed by atoms with E-state index in [2.05, 4.69) is 4.98 Å². The number of amides is 1. The number of aryl methyl sites for hydroxylation is 1. The van der Waals surface area contributed by atoms with Gasteiger partial charge in [0.25, 0.3) is 5.91 Å². The molecule has 1 aromatic rings. The number of carbonyl (C=O) groups excluding carboxylic acids is 1. The SMILES string of the molecule is Cc1ncoc1C(=O)N(C)C(C)CC(=O)O. The standard InChI is InChI=1S/C10H14N2O4/c1-6(4-8(13)14)12(3)10(15)9-7(2)11-5-16-9/h5-6H,4H2,1-3H3,(H,13,14). The van der Waals surface area contributed by atoms with Gasteiger partial charge in [-0.15, -0.1) is 0 Å². The highest BCUT2D eigenvalue weighted by atomic mass is 16.4. The van der Waals surface area contributed by atoms with Gasteiger partial charge in [0.1, 0.15) is 0 Å². The fourth-order valence-electron chi connectivity index (χ4n) is 1.26. The maximum Gasteiger partial charge on any atom is 0.305 e. The number of oxazole rings is 1. The lowest BCUT2D eigenvalue weighted by molar-refractivity contribution is -0.137. The average Bonchev–Trinajstić information content (AvgIpc) is 2.61. The zero-order valence-corrected chi connectivity index (χ0v) is 9.43. The first-order valence-corrected chi connectivity index (χ1v) is 4.82. The van der Waals surface area contributed by atoms with Crippen LogP contribution in [-0.4, -0.2) is 40.0 Å². The second kappa shape index (κ2) is 4.78. The van der Waals surface area contributed by atoms with Crippen molar-refractivity contribution in [1.29, 1.82) is 0 Å². The molecule has 1 atom stereocenters. The average molecular weight is 226 g/mol. The minimum atomic E-state index is -0.943. The van der Waals surface area contributed by atoms with Gasteiger partial charge in [0.05, 0.1) is 12.1 Å². The van der Waals surface area contributed by atoms with E-state index in [-0.39, 0.29) is 18.1 Å². The summed E-state index contributed by atoms with van der Waals surface area (Å²) in [5.74, 6) is -1.15. The zero-order valence-electron chi connectivity index (χ0n) is 9.43. The third-order valence-corrected chi connectivity index (χ3v) is 2.39. The van der Waals surface area contributed by atoms with E-state index in [1.807, 2.05) is 0 Å². The van der Waals surface area contributed by atoms with Crippen LogP contribution in [-0.2, 0) is 4.79 Å². The van der Waals surface area contributed by atoms with Crippen molar-refractivity contribution in [3.63, 3.8) is 0 Å². The minimum absolute atomic E-state index is 0.102. The Morgan fingerprint density at radius 1 is 1.62 bits per heavy atom. The Balaban J connectivity index is 2.75. The fraction of sp³-hybridized carbons (Fsp3) is 0.500. The van der Waals surface area contributed by atoms with Crippen molar-refractivity contribution in [3.05, 3.63) is 17.8 Å². The van der Waals surface area contributed by atoms with Gasteiger partial charge in [-0.25, -0.2) is 4.98 Å². The van der Waals surface area contributed by atoms with Gasteiger partial charge >= 0.3 is 5.97 Å². The smallest absolute Gasteiger partial charge is 0.305 e. The molecule has 1 rings (SSSR count). The van der Waals surface area contributed by atoms with Crippen LogP contribution in [0.15, 0.2) is 10.8 Å². The molecule has 0 saturated carbocycles. The summed E-state index contributed by atoms with van der Waals surface area (Å²) in [5.41, 5.74) is 0.499. The Kier molecular flexibility index (Phi) is 3.65. The molecule has 0 saturated heterocycles. The molecule has 1 amide bonds. The van der Waals surface area contributed by atoms with Crippen LogP contribution in [0.4, 0.5) is 0 Å². The highest BCUT2D eigenvalue weighted by Crippen LogP contribution is 2.11. The Bertz CT molecular complexity index is 399. The molecule has 1 aromatic heterocycles. The van der Waals surface area contributed by atoms with Crippen molar-refractivity contribution in [1.82, 2.24) is 9.88 Å². The highest BCUT2D eigenvalue weighted by Gasteiger charge is 2.23. The summed E-state index contributed by atoms with van der Waals surface area (Å²) in [5, 5.41) is 8.63. The molecule has 0 aromatic carbocycles. The quantitative estimate of drug-likeness (QED) is 0.825. The maximum atomic E-state index is 11.8. The molecule has 0 bridgehead atoms. The molecule has 1 unspecified atom stereocenters. The van der Waals surface area contributed by atoms with Crippen LogP contribution >= 0.6 is 0 Å². The van der Waals surface area contributed by atoms with Crippen LogP contribution < -0.4 is 0 Å². The molecule has 0 aliphatic rings. The van der Waals surface area contributed by atoms with E-state index in [9.17, 15) is 9.59 Å². The number of carboxylic acids is 1. The second-order valence-electron chi connectivity index (χ2n) is 3.63. The summed E-state index contributed by atoms with van der Waals surface area (Å²) in [4.78, 5) is 27.5. The number of aromatic nitrogens is 1. The number of carbonyl (C=O) groups is 2. The molecular weight excluding hydrogens is 212 g/mol. The molecule has 0 aliphatic carbocycles. The topological polar surface area (TPSA) is 83.6 Å². The van der Waals surface area contributed by atoms with Crippen LogP contribution in [0.5, 0.6) is 0 Å². The van der Waals surface area contributed by atoms with Gasteiger partial charge in [-0.1, -0.05) is 0 Å². The molecule has 0 fully saturated rings. The lowest BCUT2D eigenvalue weighted by Gasteiger charge is -2.22. The number of carboxylic acid groups (broad SMARTS) is 1.